The summed E-state index contributed by atoms with van der Waals surface area (Å²) >= 11 is 1.32. The fourth-order valence-corrected chi connectivity index (χ4v) is 6.08. The lowest BCUT2D eigenvalue weighted by Gasteiger charge is -2.42. The zero-order chi connectivity index (χ0) is 26.9. The van der Waals surface area contributed by atoms with Gasteiger partial charge in [0.05, 0.1) is 15.8 Å². The average molecular weight is 535 g/mol. The third kappa shape index (κ3) is 6.73. The minimum Gasteiger partial charge on any atom is -0.480 e. The van der Waals surface area contributed by atoms with Crippen molar-refractivity contribution in [2.75, 3.05) is 43.0 Å². The Kier molecular flexibility index (Phi) is 7.99. The van der Waals surface area contributed by atoms with Crippen LogP contribution < -0.4 is 9.80 Å². The van der Waals surface area contributed by atoms with Crippen molar-refractivity contribution in [3.05, 3.63) is 53.1 Å². The number of piperazine rings is 1. The summed E-state index contributed by atoms with van der Waals surface area (Å²) in [5.41, 5.74) is 3.03. The number of likely N-dealkylation sites (N-methyl/N-ethyl adjacent to an activating group) is 1. The minimum atomic E-state index is -4.37. The van der Waals surface area contributed by atoms with E-state index in [1.807, 2.05) is 19.1 Å². The Hall–Kier alpha value is -2.85. The largest absolute Gasteiger partial charge is 0.480 e. The standard InChI is InChI=1S/C27H33F3N4O2S/c1-17(2)9-22-15-33(14-19-10-18(3)11-21(12-19)32(4)16-25(35)36)7-8-34(22)26-31-23-6-5-20(27(28,29)30)13-24(23)37-26/h5-6,10-13,17,22H,7-9,14-16H2,1-4H3,(H,35,36)/t22-/m1/s1. The van der Waals surface area contributed by atoms with Crippen LogP contribution in [0, 0.1) is 12.8 Å². The summed E-state index contributed by atoms with van der Waals surface area (Å²) in [4.78, 5) is 22.2. The number of aromatic nitrogens is 1. The summed E-state index contributed by atoms with van der Waals surface area (Å²) in [6, 6.07) is 10.1. The van der Waals surface area contributed by atoms with Crippen molar-refractivity contribution in [3.8, 4) is 0 Å². The fraction of sp³-hybridized carbons (Fsp3) is 0.481. The van der Waals surface area contributed by atoms with Crippen molar-refractivity contribution in [2.24, 2.45) is 5.92 Å². The Labute approximate surface area is 219 Å². The van der Waals surface area contributed by atoms with Gasteiger partial charge in [0.2, 0.25) is 0 Å². The zero-order valence-electron chi connectivity index (χ0n) is 21.5. The normalized spacial score (nSPS) is 17.1. The number of hydrogen-bond donors (Lipinski definition) is 1. The molecule has 1 N–H and O–H groups in total. The maximum atomic E-state index is 13.2. The molecule has 1 saturated heterocycles. The van der Waals surface area contributed by atoms with Gasteiger partial charge in [-0.15, -0.1) is 0 Å². The van der Waals surface area contributed by atoms with Crippen molar-refractivity contribution in [1.29, 1.82) is 0 Å². The Balaban J connectivity index is 1.53. The summed E-state index contributed by atoms with van der Waals surface area (Å²) in [5.74, 6) is -0.420. The van der Waals surface area contributed by atoms with Crippen LogP contribution in [0.15, 0.2) is 36.4 Å². The van der Waals surface area contributed by atoms with Crippen LogP contribution in [0.25, 0.3) is 10.2 Å². The number of aryl methyl sites for hydroxylation is 1. The Bertz CT molecular complexity index is 1260. The van der Waals surface area contributed by atoms with Gasteiger partial charge in [-0.3, -0.25) is 9.69 Å². The second kappa shape index (κ2) is 10.9. The topological polar surface area (TPSA) is 59.9 Å². The molecule has 0 radical (unpaired) electrons. The number of fused-ring (bicyclic) bond motifs is 1. The van der Waals surface area contributed by atoms with Crippen molar-refractivity contribution < 1.29 is 23.1 Å². The molecule has 2 aromatic carbocycles. The number of nitrogens with zero attached hydrogens (tertiary/aromatic N) is 4. The summed E-state index contributed by atoms with van der Waals surface area (Å²) < 4.78 is 40.1. The molecule has 1 atom stereocenters. The monoisotopic (exact) mass is 534 g/mol. The number of rotatable bonds is 8. The van der Waals surface area contributed by atoms with E-state index in [-0.39, 0.29) is 12.6 Å². The van der Waals surface area contributed by atoms with E-state index in [4.69, 9.17) is 10.1 Å². The first-order valence-electron chi connectivity index (χ1n) is 12.4. The molecule has 6 nitrogen and oxygen atoms in total. The molecule has 1 aliphatic rings. The average Bonchev–Trinajstić information content (AvgIpc) is 3.20. The predicted molar refractivity (Wildman–Crippen MR) is 143 cm³/mol. The smallest absolute Gasteiger partial charge is 0.416 e. The Morgan fingerprint density at radius 2 is 1.97 bits per heavy atom. The number of thiazole rings is 1. The number of carbonyl (C=O) groups is 1. The molecule has 1 aliphatic heterocycles. The fourth-order valence-electron chi connectivity index (χ4n) is 4.98. The molecule has 4 rings (SSSR count). The molecule has 10 heteroatoms. The highest BCUT2D eigenvalue weighted by Crippen LogP contribution is 2.37. The molecule has 2 heterocycles. The predicted octanol–water partition coefficient (Wildman–Crippen LogP) is 5.88. The van der Waals surface area contributed by atoms with Crippen LogP contribution in [0.3, 0.4) is 0 Å². The van der Waals surface area contributed by atoms with Gasteiger partial charge < -0.3 is 14.9 Å². The van der Waals surface area contributed by atoms with Crippen molar-refractivity contribution in [2.45, 2.75) is 46.0 Å². The van der Waals surface area contributed by atoms with E-state index in [0.717, 1.165) is 60.6 Å². The van der Waals surface area contributed by atoms with Crippen LogP contribution in [0.1, 0.15) is 37.0 Å². The summed E-state index contributed by atoms with van der Waals surface area (Å²) in [5, 5.41) is 9.92. The number of aliphatic carboxylic acids is 1. The highest BCUT2D eigenvalue weighted by molar-refractivity contribution is 7.22. The van der Waals surface area contributed by atoms with Crippen LogP contribution in [-0.2, 0) is 17.5 Å². The molecule has 200 valence electrons. The van der Waals surface area contributed by atoms with Crippen LogP contribution in [0.2, 0.25) is 0 Å². The van der Waals surface area contributed by atoms with Gasteiger partial charge in [0.1, 0.15) is 6.54 Å². The van der Waals surface area contributed by atoms with E-state index in [1.54, 1.807) is 11.9 Å². The highest BCUT2D eigenvalue weighted by atomic mass is 32.1. The number of hydrogen-bond acceptors (Lipinski definition) is 6. The maximum Gasteiger partial charge on any atom is 0.416 e. The molecule has 0 amide bonds. The lowest BCUT2D eigenvalue weighted by molar-refractivity contribution is -0.137. The molecule has 0 saturated carbocycles. The van der Waals surface area contributed by atoms with E-state index < -0.39 is 17.7 Å². The van der Waals surface area contributed by atoms with Crippen LogP contribution in [-0.4, -0.2) is 60.2 Å². The van der Waals surface area contributed by atoms with Crippen molar-refractivity contribution in [1.82, 2.24) is 9.88 Å². The van der Waals surface area contributed by atoms with Crippen molar-refractivity contribution >= 4 is 38.3 Å². The van der Waals surface area contributed by atoms with E-state index in [9.17, 15) is 18.0 Å². The van der Waals surface area contributed by atoms with Crippen molar-refractivity contribution in [3.63, 3.8) is 0 Å². The minimum absolute atomic E-state index is 0.0648. The van der Waals surface area contributed by atoms with Gasteiger partial charge in [0, 0.05) is 45.0 Å². The van der Waals surface area contributed by atoms with E-state index in [1.165, 1.54) is 23.5 Å². The number of carboxylic acid groups (broad SMARTS) is 1. The molecule has 3 aromatic rings. The number of benzene rings is 2. The molecule has 37 heavy (non-hydrogen) atoms. The second-order valence-corrected chi connectivity index (χ2v) is 11.3. The van der Waals surface area contributed by atoms with Gasteiger partial charge >= 0.3 is 12.1 Å². The molecule has 0 spiro atoms. The molecule has 1 aromatic heterocycles. The second-order valence-electron chi connectivity index (χ2n) is 10.3. The molecule has 1 fully saturated rings. The quantitative estimate of drug-likeness (QED) is 0.390. The summed E-state index contributed by atoms with van der Waals surface area (Å²) in [7, 11) is 1.78. The first kappa shape index (κ1) is 27.2. The molecule has 0 aliphatic carbocycles. The van der Waals surface area contributed by atoms with Gasteiger partial charge in [-0.2, -0.15) is 13.2 Å². The van der Waals surface area contributed by atoms with Gasteiger partial charge in [0.15, 0.2) is 5.13 Å². The number of carboxylic acids is 1. The number of anilines is 2. The van der Waals surface area contributed by atoms with Gasteiger partial charge in [-0.05, 0) is 60.7 Å². The van der Waals surface area contributed by atoms with Crippen LogP contribution in [0.4, 0.5) is 24.0 Å². The maximum absolute atomic E-state index is 13.2. The van der Waals surface area contributed by atoms with Gasteiger partial charge in [-0.25, -0.2) is 4.98 Å². The Morgan fingerprint density at radius 3 is 2.65 bits per heavy atom. The Morgan fingerprint density at radius 1 is 1.22 bits per heavy atom. The molecule has 0 unspecified atom stereocenters. The van der Waals surface area contributed by atoms with E-state index in [2.05, 4.69) is 29.7 Å². The highest BCUT2D eigenvalue weighted by Gasteiger charge is 2.32. The van der Waals surface area contributed by atoms with E-state index in [0.29, 0.717) is 16.1 Å². The molecular weight excluding hydrogens is 501 g/mol. The first-order chi connectivity index (χ1) is 17.4. The lowest BCUT2D eigenvalue weighted by atomic mass is 10.00. The third-order valence-corrected chi connectivity index (χ3v) is 7.66. The lowest BCUT2D eigenvalue weighted by Crippen LogP contribution is -2.53. The molecular formula is C27H33F3N4O2S. The number of alkyl halides is 3. The first-order valence-corrected chi connectivity index (χ1v) is 13.2. The molecule has 0 bridgehead atoms. The van der Waals surface area contributed by atoms with Gasteiger partial charge in [-0.1, -0.05) is 31.3 Å². The summed E-state index contributed by atoms with van der Waals surface area (Å²) in [6.45, 7) is 9.39. The third-order valence-electron chi connectivity index (χ3n) is 6.60. The van der Waals surface area contributed by atoms with Crippen LogP contribution in [0.5, 0.6) is 0 Å². The van der Waals surface area contributed by atoms with E-state index >= 15 is 0 Å². The number of halogens is 3. The zero-order valence-corrected chi connectivity index (χ0v) is 22.4. The SMILES string of the molecule is Cc1cc(CN2CCN(c3nc4ccc(C(F)(F)F)cc4s3)[C@H](CC(C)C)C2)cc(N(C)CC(=O)O)c1. The van der Waals surface area contributed by atoms with Gasteiger partial charge in [0.25, 0.3) is 0 Å². The van der Waals surface area contributed by atoms with Crippen LogP contribution >= 0.6 is 11.3 Å². The summed E-state index contributed by atoms with van der Waals surface area (Å²) in [6.07, 6.45) is -3.43.